The Hall–Kier alpha value is -0.780. The maximum absolute atomic E-state index is 13.1. The van der Waals surface area contributed by atoms with Gasteiger partial charge in [0.15, 0.2) is 11.0 Å². The van der Waals surface area contributed by atoms with Crippen molar-refractivity contribution in [3.8, 4) is 12.3 Å². The maximum atomic E-state index is 13.1. The van der Waals surface area contributed by atoms with Crippen molar-refractivity contribution in [1.82, 2.24) is 4.98 Å². The second-order valence-corrected chi connectivity index (χ2v) is 4.08. The van der Waals surface area contributed by atoms with E-state index in [0.29, 0.717) is 5.56 Å². The highest BCUT2D eigenvalue weighted by Gasteiger charge is 2.23. The Kier molecular flexibility index (Phi) is 3.04. The highest BCUT2D eigenvalue weighted by molar-refractivity contribution is 6.33. The van der Waals surface area contributed by atoms with E-state index >= 15 is 0 Å². The van der Waals surface area contributed by atoms with Crippen LogP contribution in [-0.2, 0) is 5.41 Å². The molecule has 4 heteroatoms. The summed E-state index contributed by atoms with van der Waals surface area (Å²) in [4.78, 5) is 3.65. The van der Waals surface area contributed by atoms with E-state index < -0.39 is 11.2 Å². The van der Waals surface area contributed by atoms with Crippen molar-refractivity contribution < 1.29 is 4.39 Å². The molecule has 1 rings (SSSR count). The largest absolute Gasteiger partial charge is 0.221 e. The number of rotatable bonds is 1. The zero-order valence-corrected chi connectivity index (χ0v) is 9.25. The molecule has 0 amide bonds. The Morgan fingerprint density at radius 2 is 2.00 bits per heavy atom. The van der Waals surface area contributed by atoms with Gasteiger partial charge in [0.2, 0.25) is 0 Å². The number of hydrogen-bond acceptors (Lipinski definition) is 1. The van der Waals surface area contributed by atoms with Gasteiger partial charge in [-0.15, -0.1) is 6.42 Å². The Labute approximate surface area is 92.2 Å². The van der Waals surface area contributed by atoms with Crippen LogP contribution in [0, 0.1) is 18.2 Å². The molecular formula is C10H8Cl2FN. The molecule has 0 unspecified atom stereocenters. The minimum Gasteiger partial charge on any atom is -0.221 e. The standard InChI is InChI=1S/C10H8Cl2FN/c1-4-10(2,3)6-5-7(13)9(12)14-8(6)11/h1,5H,2-3H3. The van der Waals surface area contributed by atoms with Gasteiger partial charge >= 0.3 is 0 Å². The number of aromatic nitrogens is 1. The fourth-order valence-corrected chi connectivity index (χ4v) is 1.52. The maximum Gasteiger partial charge on any atom is 0.166 e. The number of nitrogens with zero attached hydrogens (tertiary/aromatic N) is 1. The molecular weight excluding hydrogens is 224 g/mol. The van der Waals surface area contributed by atoms with Gasteiger partial charge in [-0.2, -0.15) is 0 Å². The molecule has 0 bridgehead atoms. The van der Waals surface area contributed by atoms with Gasteiger partial charge in [0, 0.05) is 5.56 Å². The second kappa shape index (κ2) is 3.76. The smallest absolute Gasteiger partial charge is 0.166 e. The fraction of sp³-hybridized carbons (Fsp3) is 0.300. The van der Waals surface area contributed by atoms with Crippen LogP contribution in [-0.4, -0.2) is 4.98 Å². The summed E-state index contributed by atoms with van der Waals surface area (Å²) in [6.45, 7) is 3.51. The summed E-state index contributed by atoms with van der Waals surface area (Å²) in [7, 11) is 0. The first-order chi connectivity index (χ1) is 6.38. The molecule has 0 saturated carbocycles. The number of terminal acetylenes is 1. The molecule has 1 heterocycles. The predicted octanol–water partition coefficient (Wildman–Crippen LogP) is 3.44. The number of halogens is 3. The first-order valence-electron chi connectivity index (χ1n) is 3.88. The molecule has 0 aliphatic heterocycles. The molecule has 0 saturated heterocycles. The lowest BCUT2D eigenvalue weighted by molar-refractivity contribution is 0.606. The highest BCUT2D eigenvalue weighted by atomic mass is 35.5. The molecule has 0 radical (unpaired) electrons. The first kappa shape index (κ1) is 11.3. The van der Waals surface area contributed by atoms with Gasteiger partial charge in [0.25, 0.3) is 0 Å². The average Bonchev–Trinajstić information content (AvgIpc) is 2.11. The van der Waals surface area contributed by atoms with Crippen molar-refractivity contribution in [2.45, 2.75) is 19.3 Å². The zero-order valence-electron chi connectivity index (χ0n) is 7.74. The van der Waals surface area contributed by atoms with Gasteiger partial charge in [-0.1, -0.05) is 29.1 Å². The minimum absolute atomic E-state index is 0.138. The van der Waals surface area contributed by atoms with Crippen LogP contribution < -0.4 is 0 Å². The lowest BCUT2D eigenvalue weighted by Crippen LogP contribution is -2.15. The van der Waals surface area contributed by atoms with Crippen LogP contribution in [0.2, 0.25) is 10.3 Å². The van der Waals surface area contributed by atoms with Crippen molar-refractivity contribution in [2.75, 3.05) is 0 Å². The third-order valence-electron chi connectivity index (χ3n) is 1.92. The summed E-state index contributed by atoms with van der Waals surface area (Å²) < 4.78 is 13.1. The Bertz CT molecular complexity index is 407. The SMILES string of the molecule is C#CC(C)(C)c1cc(F)c(Cl)nc1Cl. The van der Waals surface area contributed by atoms with E-state index in [1.807, 2.05) is 0 Å². The van der Waals surface area contributed by atoms with Crippen LogP contribution >= 0.6 is 23.2 Å². The molecule has 1 aromatic rings. The van der Waals surface area contributed by atoms with Gasteiger partial charge in [-0.25, -0.2) is 9.37 Å². The second-order valence-electron chi connectivity index (χ2n) is 3.37. The first-order valence-corrected chi connectivity index (χ1v) is 4.64. The summed E-state index contributed by atoms with van der Waals surface area (Å²) in [5.41, 5.74) is -0.196. The molecule has 0 aliphatic carbocycles. The van der Waals surface area contributed by atoms with E-state index in [4.69, 9.17) is 29.6 Å². The van der Waals surface area contributed by atoms with Crippen LogP contribution in [0.15, 0.2) is 6.07 Å². The third-order valence-corrected chi connectivity index (χ3v) is 2.47. The van der Waals surface area contributed by atoms with E-state index in [9.17, 15) is 4.39 Å². The normalized spacial score (nSPS) is 11.1. The van der Waals surface area contributed by atoms with Gasteiger partial charge in [-0.3, -0.25) is 0 Å². The van der Waals surface area contributed by atoms with Crippen LogP contribution in [0.1, 0.15) is 19.4 Å². The molecule has 1 nitrogen and oxygen atoms in total. The lowest BCUT2D eigenvalue weighted by atomic mass is 9.87. The molecule has 14 heavy (non-hydrogen) atoms. The lowest BCUT2D eigenvalue weighted by Gasteiger charge is -2.18. The van der Waals surface area contributed by atoms with Crippen LogP contribution in [0.5, 0.6) is 0 Å². The molecule has 0 aliphatic rings. The Morgan fingerprint density at radius 1 is 1.43 bits per heavy atom. The predicted molar refractivity (Wildman–Crippen MR) is 56.1 cm³/mol. The molecule has 0 aromatic carbocycles. The average molecular weight is 232 g/mol. The number of pyridine rings is 1. The van der Waals surface area contributed by atoms with Crippen LogP contribution in [0.3, 0.4) is 0 Å². The van der Waals surface area contributed by atoms with Crippen molar-refractivity contribution in [3.63, 3.8) is 0 Å². The fourth-order valence-electron chi connectivity index (χ4n) is 0.962. The van der Waals surface area contributed by atoms with Crippen molar-refractivity contribution in [1.29, 1.82) is 0 Å². The summed E-state index contributed by atoms with van der Waals surface area (Å²) in [6, 6.07) is 1.22. The summed E-state index contributed by atoms with van der Waals surface area (Å²) in [5.74, 6) is 1.89. The van der Waals surface area contributed by atoms with E-state index in [0.717, 1.165) is 0 Å². The van der Waals surface area contributed by atoms with Gasteiger partial charge in [0.05, 0.1) is 5.41 Å². The van der Waals surface area contributed by atoms with Gasteiger partial charge < -0.3 is 0 Å². The van der Waals surface area contributed by atoms with Crippen molar-refractivity contribution in [3.05, 3.63) is 27.8 Å². The van der Waals surface area contributed by atoms with Gasteiger partial charge in [-0.05, 0) is 19.9 Å². The molecule has 0 spiro atoms. The molecule has 0 atom stereocenters. The third kappa shape index (κ3) is 2.00. The molecule has 0 N–H and O–H groups in total. The monoisotopic (exact) mass is 231 g/mol. The van der Waals surface area contributed by atoms with E-state index in [-0.39, 0.29) is 10.3 Å². The zero-order chi connectivity index (χ0) is 10.9. The van der Waals surface area contributed by atoms with Gasteiger partial charge in [0.1, 0.15) is 5.15 Å². The van der Waals surface area contributed by atoms with E-state index in [2.05, 4.69) is 10.9 Å². The summed E-state index contributed by atoms with van der Waals surface area (Å²) >= 11 is 11.3. The Morgan fingerprint density at radius 3 is 2.50 bits per heavy atom. The van der Waals surface area contributed by atoms with Crippen molar-refractivity contribution >= 4 is 23.2 Å². The minimum atomic E-state index is -0.657. The van der Waals surface area contributed by atoms with Crippen LogP contribution in [0.25, 0.3) is 0 Å². The highest BCUT2D eigenvalue weighted by Crippen LogP contribution is 2.30. The van der Waals surface area contributed by atoms with E-state index in [1.165, 1.54) is 6.07 Å². The molecule has 74 valence electrons. The molecule has 0 fully saturated rings. The quantitative estimate of drug-likeness (QED) is 0.533. The Balaban J connectivity index is 3.38. The topological polar surface area (TPSA) is 12.9 Å². The van der Waals surface area contributed by atoms with Crippen LogP contribution in [0.4, 0.5) is 4.39 Å². The molecule has 1 aromatic heterocycles. The van der Waals surface area contributed by atoms with E-state index in [1.54, 1.807) is 13.8 Å². The summed E-state index contributed by atoms with van der Waals surface area (Å²) in [5, 5.41) is -0.106. The van der Waals surface area contributed by atoms with Crippen molar-refractivity contribution in [2.24, 2.45) is 0 Å². The summed E-state index contributed by atoms with van der Waals surface area (Å²) in [6.07, 6.45) is 5.30. The number of hydrogen-bond donors (Lipinski definition) is 0.